The maximum Gasteiger partial charge on any atom is 0.534 e. The van der Waals surface area contributed by atoms with Crippen molar-refractivity contribution in [2.75, 3.05) is 0 Å². The van der Waals surface area contributed by atoms with E-state index in [9.17, 15) is 26.4 Å². The summed E-state index contributed by atoms with van der Waals surface area (Å²) >= 11 is 0. The predicted molar refractivity (Wildman–Crippen MR) is 81.9 cm³/mol. The number of benzene rings is 1. The third kappa shape index (κ3) is 5.09. The molecule has 0 aliphatic rings. The summed E-state index contributed by atoms with van der Waals surface area (Å²) in [6.07, 6.45) is 0.655. The Kier molecular flexibility index (Phi) is 5.70. The second-order valence-corrected chi connectivity index (χ2v) is 6.36. The van der Waals surface area contributed by atoms with E-state index in [1.54, 1.807) is 30.3 Å². The minimum Gasteiger partial charge on any atom is -0.485 e. The van der Waals surface area contributed by atoms with Gasteiger partial charge in [0.05, 0.1) is 6.20 Å². The van der Waals surface area contributed by atoms with E-state index < -0.39 is 33.1 Å². The maximum absolute atomic E-state index is 12.5. The van der Waals surface area contributed by atoms with E-state index >= 15 is 0 Å². The normalized spacial score (nSPS) is 11.7. The lowest BCUT2D eigenvalue weighted by Crippen LogP contribution is -2.28. The molecule has 0 aliphatic carbocycles. The van der Waals surface area contributed by atoms with Gasteiger partial charge in [0.15, 0.2) is 5.75 Å². The lowest BCUT2D eigenvalue weighted by atomic mass is 10.2. The minimum atomic E-state index is -5.92. The molecule has 1 heterocycles. The first-order valence-corrected chi connectivity index (χ1v) is 8.35. The summed E-state index contributed by atoms with van der Waals surface area (Å²) in [6.45, 7) is 0.984. The van der Waals surface area contributed by atoms with Gasteiger partial charge in [0.2, 0.25) is 11.6 Å². The fourth-order valence-corrected chi connectivity index (χ4v) is 2.14. The molecule has 2 aromatic rings. The van der Waals surface area contributed by atoms with Crippen molar-refractivity contribution in [1.29, 1.82) is 0 Å². The molecule has 11 heteroatoms. The molecule has 0 radical (unpaired) electrons. The molecule has 26 heavy (non-hydrogen) atoms. The Morgan fingerprint density at radius 2 is 1.81 bits per heavy atom. The molecule has 0 N–H and O–H groups in total. The van der Waals surface area contributed by atoms with Crippen LogP contribution in [0, 0.1) is 0 Å². The minimum absolute atomic E-state index is 0.104. The number of ether oxygens (including phenoxy) is 2. The molecule has 1 aromatic heterocycles. The van der Waals surface area contributed by atoms with Gasteiger partial charge in [-0.3, -0.25) is 4.79 Å². The van der Waals surface area contributed by atoms with Crippen LogP contribution >= 0.6 is 0 Å². The van der Waals surface area contributed by atoms with Crippen molar-refractivity contribution in [3.05, 3.63) is 48.2 Å². The van der Waals surface area contributed by atoms with Crippen LogP contribution in [0.1, 0.15) is 12.5 Å². The molecular formula is C15H12F3NO6S. The fraction of sp³-hybridized carbons (Fsp3) is 0.200. The Morgan fingerprint density at radius 1 is 1.15 bits per heavy atom. The Hall–Kier alpha value is -2.82. The maximum atomic E-state index is 12.5. The van der Waals surface area contributed by atoms with Crippen LogP contribution in [0.15, 0.2) is 42.6 Å². The van der Waals surface area contributed by atoms with Gasteiger partial charge >= 0.3 is 21.6 Å². The number of carbonyl (C=O) groups is 1. The molecule has 1 aromatic carbocycles. The Labute approximate surface area is 146 Å². The molecule has 0 unspecified atom stereocenters. The Balaban J connectivity index is 2.32. The molecule has 0 saturated heterocycles. The second-order valence-electron chi connectivity index (χ2n) is 4.82. The highest BCUT2D eigenvalue weighted by molar-refractivity contribution is 7.88. The van der Waals surface area contributed by atoms with E-state index in [0.717, 1.165) is 13.0 Å². The van der Waals surface area contributed by atoms with Gasteiger partial charge in [-0.25, -0.2) is 4.98 Å². The molecule has 7 nitrogen and oxygen atoms in total. The quantitative estimate of drug-likeness (QED) is 0.425. The fourth-order valence-electron chi connectivity index (χ4n) is 1.69. The summed E-state index contributed by atoms with van der Waals surface area (Å²) in [5.74, 6) is -2.22. The number of rotatable bonds is 6. The summed E-state index contributed by atoms with van der Waals surface area (Å²) in [7, 11) is -5.92. The monoisotopic (exact) mass is 391 g/mol. The van der Waals surface area contributed by atoms with Gasteiger partial charge in [0.25, 0.3) is 0 Å². The van der Waals surface area contributed by atoms with Crippen molar-refractivity contribution in [3.8, 4) is 17.4 Å². The van der Waals surface area contributed by atoms with Crippen LogP contribution in [0.5, 0.6) is 17.4 Å². The van der Waals surface area contributed by atoms with E-state index in [-0.39, 0.29) is 12.5 Å². The summed E-state index contributed by atoms with van der Waals surface area (Å²) in [5.41, 5.74) is -4.97. The molecule has 0 saturated carbocycles. The van der Waals surface area contributed by atoms with Crippen LogP contribution in [0.3, 0.4) is 0 Å². The number of aromatic nitrogens is 1. The van der Waals surface area contributed by atoms with E-state index in [2.05, 4.69) is 9.17 Å². The first kappa shape index (κ1) is 19.5. The number of nitrogens with zero attached hydrogens (tertiary/aromatic N) is 1. The van der Waals surface area contributed by atoms with Crippen molar-refractivity contribution >= 4 is 16.1 Å². The van der Waals surface area contributed by atoms with Crippen molar-refractivity contribution in [2.45, 2.75) is 19.0 Å². The van der Waals surface area contributed by atoms with Gasteiger partial charge in [0.1, 0.15) is 6.61 Å². The first-order chi connectivity index (χ1) is 12.1. The molecule has 0 bridgehead atoms. The van der Waals surface area contributed by atoms with Gasteiger partial charge < -0.3 is 13.7 Å². The predicted octanol–water partition coefficient (Wildman–Crippen LogP) is 2.81. The van der Waals surface area contributed by atoms with Crippen molar-refractivity contribution in [1.82, 2.24) is 4.98 Å². The van der Waals surface area contributed by atoms with Crippen LogP contribution < -0.4 is 13.7 Å². The molecule has 0 atom stereocenters. The number of pyridine rings is 1. The zero-order valence-electron chi connectivity index (χ0n) is 13.2. The number of halogens is 3. The van der Waals surface area contributed by atoms with Gasteiger partial charge in [-0.15, -0.1) is 0 Å². The van der Waals surface area contributed by atoms with Gasteiger partial charge in [-0.05, 0) is 5.56 Å². The Morgan fingerprint density at radius 3 is 2.38 bits per heavy atom. The number of alkyl halides is 3. The molecule has 2 rings (SSSR count). The number of carbonyl (C=O) groups excluding carboxylic acids is 1. The van der Waals surface area contributed by atoms with E-state index in [1.165, 1.54) is 0 Å². The highest BCUT2D eigenvalue weighted by Gasteiger charge is 2.49. The average molecular weight is 391 g/mol. The van der Waals surface area contributed by atoms with Crippen LogP contribution in [0.4, 0.5) is 13.2 Å². The summed E-state index contributed by atoms with van der Waals surface area (Å²) in [4.78, 5) is 14.5. The van der Waals surface area contributed by atoms with Crippen molar-refractivity contribution in [3.63, 3.8) is 0 Å². The SMILES string of the molecule is CC(=O)Oc1cc(OCc2ccccc2)c(OS(=O)(=O)C(F)(F)F)cn1. The van der Waals surface area contributed by atoms with E-state index in [0.29, 0.717) is 11.8 Å². The highest BCUT2D eigenvalue weighted by atomic mass is 32.2. The molecule has 0 spiro atoms. The number of esters is 1. The van der Waals surface area contributed by atoms with Crippen LogP contribution in [0.25, 0.3) is 0 Å². The molecule has 0 amide bonds. The zero-order valence-corrected chi connectivity index (χ0v) is 14.0. The smallest absolute Gasteiger partial charge is 0.485 e. The van der Waals surface area contributed by atoms with Gasteiger partial charge in [0, 0.05) is 13.0 Å². The molecular weight excluding hydrogens is 379 g/mol. The Bertz CT molecular complexity index is 884. The topological polar surface area (TPSA) is 91.8 Å². The van der Waals surface area contributed by atoms with Crippen molar-refractivity contribution in [2.24, 2.45) is 0 Å². The molecule has 140 valence electrons. The third-order valence-corrected chi connectivity index (χ3v) is 3.74. The van der Waals surface area contributed by atoms with Crippen molar-refractivity contribution < 1.29 is 40.0 Å². The molecule has 0 aliphatic heterocycles. The lowest BCUT2D eigenvalue weighted by molar-refractivity contribution is -0.132. The van der Waals surface area contributed by atoms with Gasteiger partial charge in [-0.2, -0.15) is 21.6 Å². The summed E-state index contributed by atoms with van der Waals surface area (Å²) in [6, 6.07) is 9.48. The summed E-state index contributed by atoms with van der Waals surface area (Å²) in [5, 5.41) is 0. The van der Waals surface area contributed by atoms with E-state index in [4.69, 9.17) is 9.47 Å². The number of hydrogen-bond acceptors (Lipinski definition) is 7. The first-order valence-electron chi connectivity index (χ1n) is 6.94. The van der Waals surface area contributed by atoms with Gasteiger partial charge in [-0.1, -0.05) is 30.3 Å². The summed E-state index contributed by atoms with van der Waals surface area (Å²) < 4.78 is 74.0. The second kappa shape index (κ2) is 7.60. The zero-order chi connectivity index (χ0) is 19.4. The largest absolute Gasteiger partial charge is 0.534 e. The average Bonchev–Trinajstić information content (AvgIpc) is 2.54. The van der Waals surface area contributed by atoms with Crippen LogP contribution in [-0.4, -0.2) is 24.9 Å². The molecule has 0 fully saturated rings. The van der Waals surface area contributed by atoms with Crippen LogP contribution in [0.2, 0.25) is 0 Å². The van der Waals surface area contributed by atoms with Crippen LogP contribution in [-0.2, 0) is 21.5 Å². The van der Waals surface area contributed by atoms with E-state index in [1.807, 2.05) is 0 Å². The standard InChI is InChI=1S/C15H12F3NO6S/c1-10(20)24-14-7-12(23-9-11-5-3-2-4-6-11)13(8-19-14)25-26(21,22)15(16,17)18/h2-8H,9H2,1H3. The third-order valence-electron chi connectivity index (χ3n) is 2.77. The number of hydrogen-bond donors (Lipinski definition) is 0. The highest BCUT2D eigenvalue weighted by Crippen LogP contribution is 2.34. The lowest BCUT2D eigenvalue weighted by Gasteiger charge is -2.14.